The zero-order valence-corrected chi connectivity index (χ0v) is 11.5. The van der Waals surface area contributed by atoms with Crippen molar-refractivity contribution in [3.8, 4) is 0 Å². The van der Waals surface area contributed by atoms with Crippen molar-refractivity contribution in [2.45, 2.75) is 13.8 Å². The molecule has 0 atom stereocenters. The number of anilines is 1. The monoisotopic (exact) mass is 263 g/mol. The van der Waals surface area contributed by atoms with Crippen LogP contribution < -0.4 is 16.6 Å². The van der Waals surface area contributed by atoms with Crippen LogP contribution >= 0.6 is 0 Å². The van der Waals surface area contributed by atoms with E-state index in [0.29, 0.717) is 29.2 Å². The minimum atomic E-state index is -0.409. The van der Waals surface area contributed by atoms with Gasteiger partial charge in [-0.25, -0.2) is 4.79 Å². The summed E-state index contributed by atoms with van der Waals surface area (Å²) in [7, 11) is 3.03. The van der Waals surface area contributed by atoms with Crippen LogP contribution in [-0.2, 0) is 14.1 Å². The molecule has 2 rings (SSSR count). The Bertz CT molecular complexity index is 729. The Morgan fingerprint density at radius 2 is 1.95 bits per heavy atom. The summed E-state index contributed by atoms with van der Waals surface area (Å²) in [5.74, 6) is 0.430. The first-order valence-corrected chi connectivity index (χ1v) is 6.08. The Hall–Kier alpha value is -2.18. The molecule has 0 spiro atoms. The molecule has 0 unspecified atom stereocenters. The molecule has 0 saturated carbocycles. The van der Waals surface area contributed by atoms with E-state index < -0.39 is 5.69 Å². The maximum atomic E-state index is 12.2. The number of hydrogen-bond donors (Lipinski definition) is 1. The second kappa shape index (κ2) is 4.83. The molecule has 0 saturated heterocycles. The molecule has 0 aliphatic heterocycles. The number of fused-ring (bicyclic) bond motifs is 1. The van der Waals surface area contributed by atoms with Crippen LogP contribution in [0.4, 0.5) is 5.69 Å². The van der Waals surface area contributed by atoms with Crippen LogP contribution in [-0.4, -0.2) is 25.9 Å². The van der Waals surface area contributed by atoms with E-state index in [1.807, 2.05) is 0 Å². The first-order valence-electron chi connectivity index (χ1n) is 6.08. The molecule has 0 fully saturated rings. The van der Waals surface area contributed by atoms with E-state index in [1.54, 1.807) is 7.05 Å². The number of aromatic nitrogens is 4. The molecule has 0 bridgehead atoms. The van der Waals surface area contributed by atoms with Gasteiger partial charge in [-0.1, -0.05) is 13.8 Å². The van der Waals surface area contributed by atoms with Gasteiger partial charge in [0.1, 0.15) is 5.39 Å². The molecule has 0 radical (unpaired) electrons. The van der Waals surface area contributed by atoms with E-state index in [4.69, 9.17) is 0 Å². The fourth-order valence-corrected chi connectivity index (χ4v) is 1.84. The number of nitrogens with one attached hydrogen (secondary N) is 1. The van der Waals surface area contributed by atoms with Gasteiger partial charge in [0.15, 0.2) is 5.65 Å². The third-order valence-electron chi connectivity index (χ3n) is 2.94. The predicted molar refractivity (Wildman–Crippen MR) is 73.3 cm³/mol. The molecule has 0 aromatic carbocycles. The summed E-state index contributed by atoms with van der Waals surface area (Å²) >= 11 is 0. The van der Waals surface area contributed by atoms with E-state index in [1.165, 1.54) is 17.8 Å². The van der Waals surface area contributed by atoms with Crippen LogP contribution in [0, 0.1) is 5.92 Å². The summed E-state index contributed by atoms with van der Waals surface area (Å²) in [6.45, 7) is 4.85. The van der Waals surface area contributed by atoms with Crippen molar-refractivity contribution in [1.82, 2.24) is 19.3 Å². The van der Waals surface area contributed by atoms with Crippen LogP contribution in [0.5, 0.6) is 0 Å². The van der Waals surface area contributed by atoms with Crippen LogP contribution in [0.1, 0.15) is 13.8 Å². The molecular formula is C12H17N5O2. The lowest BCUT2D eigenvalue weighted by Crippen LogP contribution is -2.37. The van der Waals surface area contributed by atoms with Gasteiger partial charge in [0.05, 0.1) is 11.9 Å². The Balaban J connectivity index is 2.75. The normalized spacial score (nSPS) is 11.2. The molecule has 1 N–H and O–H groups in total. The molecule has 7 nitrogen and oxygen atoms in total. The largest absolute Gasteiger partial charge is 0.383 e. The van der Waals surface area contributed by atoms with E-state index in [0.717, 1.165) is 4.57 Å². The lowest BCUT2D eigenvalue weighted by Gasteiger charge is -2.12. The molecule has 2 heterocycles. The lowest BCUT2D eigenvalue weighted by atomic mass is 10.2. The topological polar surface area (TPSA) is 81.8 Å². The maximum Gasteiger partial charge on any atom is 0.332 e. The summed E-state index contributed by atoms with van der Waals surface area (Å²) in [6, 6.07) is 0. The smallest absolute Gasteiger partial charge is 0.332 e. The van der Waals surface area contributed by atoms with Crippen LogP contribution in [0.3, 0.4) is 0 Å². The fourth-order valence-electron chi connectivity index (χ4n) is 1.84. The Kier molecular flexibility index (Phi) is 3.37. The van der Waals surface area contributed by atoms with E-state index in [-0.39, 0.29) is 5.56 Å². The molecule has 7 heteroatoms. The van der Waals surface area contributed by atoms with Crippen molar-refractivity contribution in [2.75, 3.05) is 11.9 Å². The van der Waals surface area contributed by atoms with Crippen LogP contribution in [0.15, 0.2) is 15.8 Å². The quantitative estimate of drug-likeness (QED) is 0.849. The Morgan fingerprint density at radius 1 is 1.26 bits per heavy atom. The highest BCUT2D eigenvalue weighted by atomic mass is 16.2. The first kappa shape index (κ1) is 13.3. The maximum absolute atomic E-state index is 12.2. The Labute approximate surface area is 109 Å². The van der Waals surface area contributed by atoms with Gasteiger partial charge >= 0.3 is 5.69 Å². The number of hydrogen-bond acceptors (Lipinski definition) is 5. The van der Waals surface area contributed by atoms with Crippen molar-refractivity contribution in [2.24, 2.45) is 20.0 Å². The number of aryl methyl sites for hydroxylation is 1. The lowest BCUT2D eigenvalue weighted by molar-refractivity contribution is 0.686. The summed E-state index contributed by atoms with van der Waals surface area (Å²) < 4.78 is 2.40. The Morgan fingerprint density at radius 3 is 2.58 bits per heavy atom. The molecule has 0 amide bonds. The third kappa shape index (κ3) is 2.23. The van der Waals surface area contributed by atoms with Crippen molar-refractivity contribution in [3.05, 3.63) is 27.0 Å². The first-order chi connectivity index (χ1) is 8.93. The van der Waals surface area contributed by atoms with Crippen molar-refractivity contribution in [3.63, 3.8) is 0 Å². The fraction of sp³-hybridized carbons (Fsp3) is 0.500. The molecule has 19 heavy (non-hydrogen) atoms. The summed E-state index contributed by atoms with van der Waals surface area (Å²) in [6.07, 6.45) is 1.51. The molecule has 0 aliphatic rings. The highest BCUT2D eigenvalue weighted by Crippen LogP contribution is 2.15. The van der Waals surface area contributed by atoms with E-state index in [9.17, 15) is 9.59 Å². The number of rotatable bonds is 3. The molecule has 102 valence electrons. The highest BCUT2D eigenvalue weighted by molar-refractivity contribution is 5.87. The third-order valence-corrected chi connectivity index (χ3v) is 2.94. The second-order valence-corrected chi connectivity index (χ2v) is 4.94. The van der Waals surface area contributed by atoms with Crippen LogP contribution in [0.2, 0.25) is 0 Å². The van der Waals surface area contributed by atoms with Crippen molar-refractivity contribution < 1.29 is 0 Å². The zero-order valence-electron chi connectivity index (χ0n) is 11.5. The van der Waals surface area contributed by atoms with Gasteiger partial charge in [-0.2, -0.15) is 5.10 Å². The minimum absolute atomic E-state index is 0.293. The average molecular weight is 263 g/mol. The molecular weight excluding hydrogens is 246 g/mol. The standard InChI is InChI=1S/C12H17N5O2/c1-7(2)5-13-8-6-14-15-10-9(8)11(18)17(4)12(19)16(10)3/h6-7H,5H2,1-4H3,(H,13,15). The van der Waals surface area contributed by atoms with Crippen LogP contribution in [0.25, 0.3) is 11.0 Å². The minimum Gasteiger partial charge on any atom is -0.383 e. The van der Waals surface area contributed by atoms with Gasteiger partial charge in [0.2, 0.25) is 0 Å². The van der Waals surface area contributed by atoms with E-state index in [2.05, 4.69) is 29.4 Å². The summed E-state index contributed by atoms with van der Waals surface area (Å²) in [4.78, 5) is 24.0. The molecule has 0 aliphatic carbocycles. The number of nitrogens with zero attached hydrogens (tertiary/aromatic N) is 4. The summed E-state index contributed by atoms with van der Waals surface area (Å²) in [5, 5.41) is 11.3. The second-order valence-electron chi connectivity index (χ2n) is 4.94. The van der Waals surface area contributed by atoms with Gasteiger partial charge in [0, 0.05) is 20.6 Å². The predicted octanol–water partition coefficient (Wildman–Crippen LogP) is 0.0951. The van der Waals surface area contributed by atoms with Gasteiger partial charge in [-0.15, -0.1) is 5.10 Å². The van der Waals surface area contributed by atoms with Gasteiger partial charge < -0.3 is 5.32 Å². The van der Waals surface area contributed by atoms with Gasteiger partial charge in [0.25, 0.3) is 5.56 Å². The van der Waals surface area contributed by atoms with E-state index >= 15 is 0 Å². The van der Waals surface area contributed by atoms with Gasteiger partial charge in [-0.05, 0) is 5.92 Å². The molecule has 2 aromatic rings. The van der Waals surface area contributed by atoms with Crippen molar-refractivity contribution in [1.29, 1.82) is 0 Å². The SMILES string of the molecule is CC(C)CNc1cnnc2c1c(=O)n(C)c(=O)n2C. The van der Waals surface area contributed by atoms with Gasteiger partial charge in [-0.3, -0.25) is 13.9 Å². The van der Waals surface area contributed by atoms with Crippen molar-refractivity contribution >= 4 is 16.7 Å². The highest BCUT2D eigenvalue weighted by Gasteiger charge is 2.14. The molecule has 2 aromatic heterocycles. The average Bonchev–Trinajstić information content (AvgIpc) is 2.39. The zero-order chi connectivity index (χ0) is 14.2. The summed E-state index contributed by atoms with van der Waals surface area (Å²) in [5.41, 5.74) is 0.129.